The second-order valence-electron chi connectivity index (χ2n) is 7.44. The Kier molecular flexibility index (Phi) is 6.14. The van der Waals surface area contributed by atoms with Crippen LogP contribution in [-0.4, -0.2) is 42.0 Å². The summed E-state index contributed by atoms with van der Waals surface area (Å²) < 4.78 is 0. The molecule has 0 radical (unpaired) electrons. The third kappa shape index (κ3) is 4.29. The van der Waals surface area contributed by atoms with E-state index in [0.29, 0.717) is 5.91 Å². The zero-order valence-corrected chi connectivity index (χ0v) is 16.0. The molecule has 0 bridgehead atoms. The van der Waals surface area contributed by atoms with E-state index >= 15 is 0 Å². The van der Waals surface area contributed by atoms with E-state index in [1.165, 1.54) is 32.1 Å². The van der Waals surface area contributed by atoms with Gasteiger partial charge in [0.15, 0.2) is 5.13 Å². The Balaban J connectivity index is 1.44. The average molecular weight is 350 g/mol. The molecule has 24 heavy (non-hydrogen) atoms. The lowest BCUT2D eigenvalue weighted by Gasteiger charge is -2.37. The van der Waals surface area contributed by atoms with Crippen LogP contribution in [0.4, 0.5) is 5.13 Å². The number of nitrogens with zero attached hydrogens (tertiary/aromatic N) is 3. The molecular formula is C19H31N3OS. The highest BCUT2D eigenvalue weighted by Crippen LogP contribution is 2.33. The SMILES string of the molecule is CCCCC1CCC(C(=O)N2CCN(c3nc(C)cs3)CC2)CC1. The molecule has 134 valence electrons. The smallest absolute Gasteiger partial charge is 0.225 e. The van der Waals surface area contributed by atoms with Crippen LogP contribution in [0.1, 0.15) is 57.6 Å². The minimum atomic E-state index is 0.288. The van der Waals surface area contributed by atoms with E-state index in [9.17, 15) is 4.79 Å². The third-order valence-electron chi connectivity index (χ3n) is 5.63. The van der Waals surface area contributed by atoms with Crippen LogP contribution in [0, 0.1) is 18.8 Å². The largest absolute Gasteiger partial charge is 0.345 e. The van der Waals surface area contributed by atoms with E-state index in [1.54, 1.807) is 11.3 Å². The molecule has 1 aromatic rings. The number of aromatic nitrogens is 1. The highest BCUT2D eigenvalue weighted by Gasteiger charge is 2.31. The Morgan fingerprint density at radius 3 is 2.50 bits per heavy atom. The molecule has 1 aromatic heterocycles. The molecule has 1 aliphatic heterocycles. The first-order chi connectivity index (χ1) is 11.7. The topological polar surface area (TPSA) is 36.4 Å². The van der Waals surface area contributed by atoms with Crippen LogP contribution in [0.15, 0.2) is 5.38 Å². The first-order valence-electron chi connectivity index (χ1n) is 9.63. The standard InChI is InChI=1S/C19H31N3OS/c1-3-4-5-16-6-8-17(9-7-16)18(23)21-10-12-22(13-11-21)19-20-15(2)14-24-19/h14,16-17H,3-13H2,1-2H3. The number of hydrogen-bond acceptors (Lipinski definition) is 4. The van der Waals surface area contributed by atoms with Crippen molar-refractivity contribution in [3.63, 3.8) is 0 Å². The van der Waals surface area contributed by atoms with Gasteiger partial charge in [0.25, 0.3) is 0 Å². The van der Waals surface area contributed by atoms with E-state index in [1.807, 2.05) is 6.92 Å². The van der Waals surface area contributed by atoms with E-state index in [2.05, 4.69) is 27.1 Å². The molecule has 2 heterocycles. The van der Waals surface area contributed by atoms with Crippen molar-refractivity contribution in [3.8, 4) is 0 Å². The summed E-state index contributed by atoms with van der Waals surface area (Å²) in [5, 5.41) is 3.21. The quantitative estimate of drug-likeness (QED) is 0.803. The van der Waals surface area contributed by atoms with Crippen molar-refractivity contribution in [2.24, 2.45) is 11.8 Å². The fourth-order valence-electron chi connectivity index (χ4n) is 4.05. The van der Waals surface area contributed by atoms with Gasteiger partial charge in [-0.25, -0.2) is 4.98 Å². The van der Waals surface area contributed by atoms with Gasteiger partial charge in [0.1, 0.15) is 0 Å². The monoisotopic (exact) mass is 349 g/mol. The van der Waals surface area contributed by atoms with Crippen LogP contribution in [-0.2, 0) is 4.79 Å². The molecule has 3 rings (SSSR count). The molecule has 0 unspecified atom stereocenters. The molecule has 1 amide bonds. The van der Waals surface area contributed by atoms with Gasteiger partial charge in [0.05, 0.1) is 5.69 Å². The molecule has 2 aliphatic rings. The number of unbranched alkanes of at least 4 members (excludes halogenated alkanes) is 1. The van der Waals surface area contributed by atoms with Crippen molar-refractivity contribution in [2.45, 2.75) is 58.8 Å². The maximum atomic E-state index is 12.8. The highest BCUT2D eigenvalue weighted by atomic mass is 32.1. The zero-order valence-electron chi connectivity index (χ0n) is 15.2. The van der Waals surface area contributed by atoms with Crippen molar-refractivity contribution in [1.82, 2.24) is 9.88 Å². The number of aryl methyl sites for hydroxylation is 1. The van der Waals surface area contributed by atoms with Gasteiger partial charge >= 0.3 is 0 Å². The number of amides is 1. The molecule has 0 aromatic carbocycles. The summed E-state index contributed by atoms with van der Waals surface area (Å²) in [6.45, 7) is 7.86. The number of anilines is 1. The lowest BCUT2D eigenvalue weighted by atomic mass is 9.79. The fourth-order valence-corrected chi connectivity index (χ4v) is 4.91. The Morgan fingerprint density at radius 2 is 1.92 bits per heavy atom. The van der Waals surface area contributed by atoms with E-state index in [4.69, 9.17) is 0 Å². The third-order valence-corrected chi connectivity index (χ3v) is 6.65. The van der Waals surface area contributed by atoms with Crippen LogP contribution >= 0.6 is 11.3 Å². The molecule has 0 N–H and O–H groups in total. The lowest BCUT2D eigenvalue weighted by molar-refractivity contribution is -0.137. The fraction of sp³-hybridized carbons (Fsp3) is 0.789. The molecular weight excluding hydrogens is 318 g/mol. The Labute approximate surface area is 150 Å². The van der Waals surface area contributed by atoms with Crippen molar-refractivity contribution in [3.05, 3.63) is 11.1 Å². The van der Waals surface area contributed by atoms with Gasteiger partial charge < -0.3 is 9.80 Å². The maximum Gasteiger partial charge on any atom is 0.225 e. The Morgan fingerprint density at radius 1 is 1.21 bits per heavy atom. The number of hydrogen-bond donors (Lipinski definition) is 0. The molecule has 0 spiro atoms. The van der Waals surface area contributed by atoms with Crippen LogP contribution in [0.3, 0.4) is 0 Å². The summed E-state index contributed by atoms with van der Waals surface area (Å²) in [6.07, 6.45) is 8.74. The zero-order chi connectivity index (χ0) is 16.9. The number of rotatable bonds is 5. The van der Waals surface area contributed by atoms with Gasteiger partial charge in [0, 0.05) is 37.5 Å². The molecule has 1 saturated heterocycles. The summed E-state index contributed by atoms with van der Waals surface area (Å²) >= 11 is 1.71. The minimum Gasteiger partial charge on any atom is -0.345 e. The Hall–Kier alpha value is -1.10. The van der Waals surface area contributed by atoms with Crippen LogP contribution in [0.2, 0.25) is 0 Å². The van der Waals surface area contributed by atoms with Crippen LogP contribution in [0.5, 0.6) is 0 Å². The predicted molar refractivity (Wildman–Crippen MR) is 101 cm³/mol. The molecule has 1 saturated carbocycles. The molecule has 5 heteroatoms. The van der Waals surface area contributed by atoms with Crippen molar-refractivity contribution < 1.29 is 4.79 Å². The van der Waals surface area contributed by atoms with Gasteiger partial charge in [-0.1, -0.05) is 26.2 Å². The minimum absolute atomic E-state index is 0.288. The van der Waals surface area contributed by atoms with Crippen molar-refractivity contribution in [1.29, 1.82) is 0 Å². The predicted octanol–water partition coefficient (Wildman–Crippen LogP) is 4.10. The second-order valence-corrected chi connectivity index (χ2v) is 8.28. The first-order valence-corrected chi connectivity index (χ1v) is 10.5. The van der Waals surface area contributed by atoms with Crippen molar-refractivity contribution >= 4 is 22.4 Å². The number of carbonyl (C=O) groups excluding carboxylic acids is 1. The number of thiazole rings is 1. The molecule has 4 nitrogen and oxygen atoms in total. The summed E-state index contributed by atoms with van der Waals surface area (Å²) in [6, 6.07) is 0. The molecule has 0 atom stereocenters. The van der Waals surface area contributed by atoms with Gasteiger partial charge in [-0.05, 0) is 38.5 Å². The second kappa shape index (κ2) is 8.32. The summed E-state index contributed by atoms with van der Waals surface area (Å²) in [7, 11) is 0. The highest BCUT2D eigenvalue weighted by molar-refractivity contribution is 7.13. The van der Waals surface area contributed by atoms with E-state index in [0.717, 1.165) is 55.8 Å². The maximum absolute atomic E-state index is 12.8. The average Bonchev–Trinajstić information content (AvgIpc) is 3.06. The summed E-state index contributed by atoms with van der Waals surface area (Å²) in [5.74, 6) is 1.58. The Bertz CT molecular complexity index is 528. The van der Waals surface area contributed by atoms with Crippen molar-refractivity contribution in [2.75, 3.05) is 31.1 Å². The lowest BCUT2D eigenvalue weighted by Crippen LogP contribution is -2.50. The number of piperazine rings is 1. The van der Waals surface area contributed by atoms with Gasteiger partial charge in [0.2, 0.25) is 5.91 Å². The normalized spacial score (nSPS) is 25.1. The molecule has 1 aliphatic carbocycles. The van der Waals surface area contributed by atoms with Gasteiger partial charge in [-0.15, -0.1) is 11.3 Å². The summed E-state index contributed by atoms with van der Waals surface area (Å²) in [4.78, 5) is 21.8. The van der Waals surface area contributed by atoms with Crippen LogP contribution < -0.4 is 4.90 Å². The van der Waals surface area contributed by atoms with E-state index in [-0.39, 0.29) is 5.92 Å². The van der Waals surface area contributed by atoms with E-state index < -0.39 is 0 Å². The van der Waals surface area contributed by atoms with Gasteiger partial charge in [-0.2, -0.15) is 0 Å². The van der Waals surface area contributed by atoms with Gasteiger partial charge in [-0.3, -0.25) is 4.79 Å². The van der Waals surface area contributed by atoms with Crippen LogP contribution in [0.25, 0.3) is 0 Å². The summed E-state index contributed by atoms with van der Waals surface area (Å²) in [5.41, 5.74) is 1.09. The molecule has 2 fully saturated rings. The number of carbonyl (C=O) groups is 1. The first kappa shape index (κ1) is 17.7.